The van der Waals surface area contributed by atoms with Crippen molar-refractivity contribution >= 4 is 31.9 Å². The van der Waals surface area contributed by atoms with Gasteiger partial charge in [0.2, 0.25) is 11.8 Å². The number of ether oxygens (including phenoxy) is 1. The minimum atomic E-state index is -3.98. The second-order valence-corrected chi connectivity index (χ2v) is 15.6. The standard InChI is InChI=1S/C34H44N2O6S2/c1-26-10-18-30(19-11-26)43(38,39)35-32(37)24-28-14-16-29(17-15-28)25-33(42-23-9-7-6-8-22-34(3,4)5)36-44(40,41)31-20-12-27(2)13-21-31/h10-21H,6-9,22-25H2,1-5H3,(H,35,37). The summed E-state index contributed by atoms with van der Waals surface area (Å²) in [7, 11) is -7.95. The lowest BCUT2D eigenvalue weighted by atomic mass is 9.89. The van der Waals surface area contributed by atoms with Crippen molar-refractivity contribution in [3.05, 3.63) is 95.1 Å². The van der Waals surface area contributed by atoms with E-state index in [1.165, 1.54) is 24.3 Å². The van der Waals surface area contributed by atoms with Crippen LogP contribution in [-0.4, -0.2) is 35.2 Å². The number of hydrogen-bond acceptors (Lipinski definition) is 6. The summed E-state index contributed by atoms with van der Waals surface area (Å²) in [5.74, 6) is -0.564. The van der Waals surface area contributed by atoms with Crippen molar-refractivity contribution < 1.29 is 26.4 Å². The van der Waals surface area contributed by atoms with E-state index in [9.17, 15) is 21.6 Å². The minimum absolute atomic E-state index is 0.0177. The van der Waals surface area contributed by atoms with Crippen molar-refractivity contribution in [3.63, 3.8) is 0 Å². The Morgan fingerprint density at radius 3 is 1.75 bits per heavy atom. The van der Waals surface area contributed by atoms with E-state index in [1.807, 2.05) is 13.8 Å². The monoisotopic (exact) mass is 640 g/mol. The molecule has 0 atom stereocenters. The van der Waals surface area contributed by atoms with Gasteiger partial charge in [0.1, 0.15) is 0 Å². The molecule has 0 saturated heterocycles. The van der Waals surface area contributed by atoms with Crippen LogP contribution in [0.2, 0.25) is 0 Å². The average molecular weight is 641 g/mol. The first-order valence-electron chi connectivity index (χ1n) is 14.9. The second kappa shape index (κ2) is 15.5. The fourth-order valence-electron chi connectivity index (χ4n) is 4.40. The van der Waals surface area contributed by atoms with Crippen molar-refractivity contribution in [1.82, 2.24) is 4.72 Å². The molecule has 44 heavy (non-hydrogen) atoms. The number of nitrogens with one attached hydrogen (secondary N) is 1. The van der Waals surface area contributed by atoms with Crippen molar-refractivity contribution in [2.45, 2.75) is 89.4 Å². The van der Waals surface area contributed by atoms with E-state index < -0.39 is 26.0 Å². The smallest absolute Gasteiger partial charge is 0.285 e. The van der Waals surface area contributed by atoms with Crippen LogP contribution in [0.15, 0.2) is 87.0 Å². The minimum Gasteiger partial charge on any atom is -0.480 e. The van der Waals surface area contributed by atoms with Crippen LogP contribution in [0.5, 0.6) is 0 Å². The normalized spacial score (nSPS) is 12.6. The van der Waals surface area contributed by atoms with Crippen molar-refractivity contribution in [3.8, 4) is 0 Å². The molecule has 3 aromatic rings. The first-order chi connectivity index (χ1) is 20.6. The first-order valence-corrected chi connectivity index (χ1v) is 17.8. The fraction of sp³-hybridized carbons (Fsp3) is 0.412. The number of unbranched alkanes of at least 4 members (excludes halogenated alkanes) is 3. The Bertz CT molecular complexity index is 1620. The quantitative estimate of drug-likeness (QED) is 0.119. The molecule has 10 heteroatoms. The van der Waals surface area contributed by atoms with E-state index in [4.69, 9.17) is 4.74 Å². The van der Waals surface area contributed by atoms with Gasteiger partial charge >= 0.3 is 0 Å². The number of carbonyl (C=O) groups excluding carboxylic acids is 1. The highest BCUT2D eigenvalue weighted by Crippen LogP contribution is 2.22. The summed E-state index contributed by atoms with van der Waals surface area (Å²) in [6.07, 6.45) is 5.13. The zero-order valence-electron chi connectivity index (χ0n) is 26.3. The van der Waals surface area contributed by atoms with Gasteiger partial charge in [-0.3, -0.25) is 4.79 Å². The Kier molecular flexibility index (Phi) is 12.3. The first kappa shape index (κ1) is 35.0. The van der Waals surface area contributed by atoms with E-state index in [-0.39, 0.29) is 28.5 Å². The molecule has 0 aliphatic rings. The van der Waals surface area contributed by atoms with Crippen LogP contribution in [0.3, 0.4) is 0 Å². The lowest BCUT2D eigenvalue weighted by Gasteiger charge is -2.17. The summed E-state index contributed by atoms with van der Waals surface area (Å²) in [6, 6.07) is 19.6. The van der Waals surface area contributed by atoms with Gasteiger partial charge in [0.05, 0.1) is 22.8 Å². The third-order valence-electron chi connectivity index (χ3n) is 6.95. The second-order valence-electron chi connectivity index (χ2n) is 12.4. The van der Waals surface area contributed by atoms with E-state index in [1.54, 1.807) is 48.5 Å². The molecule has 0 aliphatic heterocycles. The number of amides is 1. The summed E-state index contributed by atoms with van der Waals surface area (Å²) < 4.78 is 63.3. The van der Waals surface area contributed by atoms with Crippen molar-refractivity contribution in [2.75, 3.05) is 6.61 Å². The number of carbonyl (C=O) groups is 1. The Balaban J connectivity index is 1.65. The van der Waals surface area contributed by atoms with Gasteiger partial charge in [-0.15, -0.1) is 4.40 Å². The number of benzene rings is 3. The predicted molar refractivity (Wildman–Crippen MR) is 175 cm³/mol. The van der Waals surface area contributed by atoms with Crippen LogP contribution in [0, 0.1) is 19.3 Å². The van der Waals surface area contributed by atoms with E-state index in [0.717, 1.165) is 48.8 Å². The molecular weight excluding hydrogens is 597 g/mol. The molecule has 0 radical (unpaired) electrons. The molecule has 0 saturated carbocycles. The van der Waals surface area contributed by atoms with E-state index in [0.29, 0.717) is 17.6 Å². The summed E-state index contributed by atoms with van der Waals surface area (Å²) in [5, 5.41) is 0. The lowest BCUT2D eigenvalue weighted by molar-refractivity contribution is -0.118. The number of hydrogen-bond donors (Lipinski definition) is 1. The summed E-state index contributed by atoms with van der Waals surface area (Å²) in [6.45, 7) is 10.8. The molecule has 8 nitrogen and oxygen atoms in total. The zero-order chi connectivity index (χ0) is 32.4. The van der Waals surface area contributed by atoms with Crippen LogP contribution in [0.1, 0.15) is 75.1 Å². The molecule has 0 bridgehead atoms. The average Bonchev–Trinajstić information content (AvgIpc) is 2.93. The van der Waals surface area contributed by atoms with Gasteiger partial charge in [-0.05, 0) is 67.5 Å². The molecule has 0 unspecified atom stereocenters. The highest BCUT2D eigenvalue weighted by atomic mass is 32.2. The van der Waals surface area contributed by atoms with Crippen LogP contribution >= 0.6 is 0 Å². The molecule has 0 aromatic heterocycles. The zero-order valence-corrected chi connectivity index (χ0v) is 27.9. The number of rotatable bonds is 14. The maximum absolute atomic E-state index is 13.1. The van der Waals surface area contributed by atoms with Gasteiger partial charge in [0, 0.05) is 6.42 Å². The summed E-state index contributed by atoms with van der Waals surface area (Å²) in [4.78, 5) is 12.6. The molecular formula is C34H44N2O6S2. The molecule has 1 N–H and O–H groups in total. The van der Waals surface area contributed by atoms with Gasteiger partial charge in [-0.25, -0.2) is 13.1 Å². The van der Waals surface area contributed by atoms with Crippen molar-refractivity contribution in [1.29, 1.82) is 0 Å². The molecule has 0 heterocycles. The molecule has 238 valence electrons. The Morgan fingerprint density at radius 1 is 0.705 bits per heavy atom. The van der Waals surface area contributed by atoms with Gasteiger partial charge in [0.15, 0.2) is 0 Å². The topological polar surface area (TPSA) is 119 Å². The molecule has 3 aromatic carbocycles. The molecule has 3 rings (SSSR count). The number of aryl methyl sites for hydroxylation is 2. The van der Waals surface area contributed by atoms with E-state index in [2.05, 4.69) is 29.9 Å². The number of sulfonamides is 2. The predicted octanol–water partition coefficient (Wildman–Crippen LogP) is 6.69. The molecule has 0 spiro atoms. The Labute approximate surface area is 263 Å². The molecule has 1 amide bonds. The Hall–Kier alpha value is -3.50. The number of nitrogens with zero attached hydrogens (tertiary/aromatic N) is 1. The van der Waals surface area contributed by atoms with Gasteiger partial charge in [-0.2, -0.15) is 8.42 Å². The van der Waals surface area contributed by atoms with Gasteiger partial charge in [-0.1, -0.05) is 99.7 Å². The lowest BCUT2D eigenvalue weighted by Crippen LogP contribution is -2.31. The van der Waals surface area contributed by atoms with Crippen LogP contribution in [0.25, 0.3) is 0 Å². The SMILES string of the molecule is Cc1ccc(S(=O)(=O)N=C(Cc2ccc(CC(=O)NS(=O)(=O)c3ccc(C)cc3)cc2)OCCCCCCC(C)(C)C)cc1. The highest BCUT2D eigenvalue weighted by molar-refractivity contribution is 7.90. The van der Waals surface area contributed by atoms with Crippen LogP contribution in [0.4, 0.5) is 0 Å². The molecule has 0 fully saturated rings. The largest absolute Gasteiger partial charge is 0.480 e. The molecule has 0 aliphatic carbocycles. The summed E-state index contributed by atoms with van der Waals surface area (Å²) >= 11 is 0. The van der Waals surface area contributed by atoms with Crippen LogP contribution < -0.4 is 4.72 Å². The van der Waals surface area contributed by atoms with Gasteiger partial charge in [0.25, 0.3) is 20.0 Å². The van der Waals surface area contributed by atoms with Crippen LogP contribution in [-0.2, 0) is 42.4 Å². The van der Waals surface area contributed by atoms with Gasteiger partial charge < -0.3 is 4.74 Å². The van der Waals surface area contributed by atoms with Crippen molar-refractivity contribution in [2.24, 2.45) is 9.81 Å². The Morgan fingerprint density at radius 2 is 1.20 bits per heavy atom. The third-order valence-corrected chi connectivity index (χ3v) is 9.65. The third kappa shape index (κ3) is 11.9. The highest BCUT2D eigenvalue weighted by Gasteiger charge is 2.19. The fourth-order valence-corrected chi connectivity index (χ4v) is 6.36. The summed E-state index contributed by atoms with van der Waals surface area (Å²) in [5.41, 5.74) is 3.50. The van der Waals surface area contributed by atoms with E-state index >= 15 is 0 Å². The maximum atomic E-state index is 13.1. The maximum Gasteiger partial charge on any atom is 0.285 e.